The standard InChI is InChI=1S/C31H45F2N5O5/c1-4-42-22-15-21-16-38(30(41)27(36-28(39)19(2)34-3)20-9-12-31(32,33)13-10-20)25(18-37(21)17-22)29(40)35-24-11-14-43-26-8-6-5-7-23(24)26/h5-8,19-22,24-25,27,34H,4,9-18H2,1-3H3,(H,35,40)(H,36,39)/t19-,21+,22?,24+,25?,27-/m0/s1. The van der Waals surface area contributed by atoms with E-state index in [2.05, 4.69) is 20.9 Å². The fourth-order valence-electron chi connectivity index (χ4n) is 6.98. The molecule has 3 aliphatic heterocycles. The molecule has 0 spiro atoms. The second kappa shape index (κ2) is 13.4. The average molecular weight is 606 g/mol. The molecule has 2 unspecified atom stereocenters. The Balaban J connectivity index is 1.41. The molecule has 238 valence electrons. The Bertz CT molecular complexity index is 1160. The van der Waals surface area contributed by atoms with Gasteiger partial charge < -0.3 is 30.3 Å². The number of alkyl halides is 2. The first-order chi connectivity index (χ1) is 20.6. The maximum Gasteiger partial charge on any atom is 0.248 e. The topological polar surface area (TPSA) is 112 Å². The fraction of sp³-hybridized carbons (Fsp3) is 0.710. The van der Waals surface area contributed by atoms with Crippen LogP contribution in [0, 0.1) is 5.92 Å². The molecule has 43 heavy (non-hydrogen) atoms. The summed E-state index contributed by atoms with van der Waals surface area (Å²) >= 11 is 0. The number of piperazine rings is 1. The molecule has 1 aromatic carbocycles. The number of nitrogens with one attached hydrogen (secondary N) is 3. The third-order valence-electron chi connectivity index (χ3n) is 9.57. The van der Waals surface area contributed by atoms with E-state index < -0.39 is 30.0 Å². The van der Waals surface area contributed by atoms with Gasteiger partial charge >= 0.3 is 0 Å². The van der Waals surface area contributed by atoms with E-state index in [0.29, 0.717) is 39.3 Å². The lowest BCUT2D eigenvalue weighted by Crippen LogP contribution is -2.66. The molecule has 10 nitrogen and oxygen atoms in total. The number of hydrogen-bond donors (Lipinski definition) is 3. The average Bonchev–Trinajstić information content (AvgIpc) is 3.40. The second-order valence-corrected chi connectivity index (χ2v) is 12.4. The van der Waals surface area contributed by atoms with Gasteiger partial charge in [-0.25, -0.2) is 8.78 Å². The highest BCUT2D eigenvalue weighted by Gasteiger charge is 2.48. The number of benzene rings is 1. The SMILES string of the molecule is CCOC1C[C@@H]2CN(C(=O)[C@@H](NC(=O)[C@H](C)NC)C3CCC(F)(F)CC3)C(C(=O)N[C@@H]3CCOc4ccccc43)CN2C1. The predicted molar refractivity (Wildman–Crippen MR) is 156 cm³/mol. The fourth-order valence-corrected chi connectivity index (χ4v) is 6.98. The summed E-state index contributed by atoms with van der Waals surface area (Å²) in [5.41, 5.74) is 0.889. The Labute approximate surface area is 252 Å². The van der Waals surface area contributed by atoms with Crippen molar-refractivity contribution in [1.29, 1.82) is 0 Å². The molecule has 4 aliphatic rings. The molecule has 12 heteroatoms. The third-order valence-corrected chi connectivity index (χ3v) is 9.57. The number of ether oxygens (including phenoxy) is 2. The number of carbonyl (C=O) groups excluding carboxylic acids is 3. The monoisotopic (exact) mass is 605 g/mol. The summed E-state index contributed by atoms with van der Waals surface area (Å²) in [5, 5.41) is 8.94. The molecule has 1 saturated carbocycles. The zero-order chi connectivity index (χ0) is 30.7. The summed E-state index contributed by atoms with van der Waals surface area (Å²) in [7, 11) is 1.64. The van der Waals surface area contributed by atoms with Gasteiger partial charge in [-0.05, 0) is 52.1 Å². The van der Waals surface area contributed by atoms with Crippen LogP contribution < -0.4 is 20.7 Å². The number of hydrogen-bond acceptors (Lipinski definition) is 7. The Morgan fingerprint density at radius 1 is 1.12 bits per heavy atom. The van der Waals surface area contributed by atoms with Gasteiger partial charge in [0.25, 0.3) is 0 Å². The van der Waals surface area contributed by atoms with Gasteiger partial charge in [-0.2, -0.15) is 0 Å². The molecule has 3 amide bonds. The molecule has 0 aromatic heterocycles. The molecular weight excluding hydrogens is 560 g/mol. The quantitative estimate of drug-likeness (QED) is 0.396. The van der Waals surface area contributed by atoms with Gasteiger partial charge in [0, 0.05) is 57.1 Å². The van der Waals surface area contributed by atoms with Crippen LogP contribution in [-0.2, 0) is 19.1 Å². The summed E-state index contributed by atoms with van der Waals surface area (Å²) < 4.78 is 39.9. The van der Waals surface area contributed by atoms with Crippen LogP contribution in [0.1, 0.15) is 64.0 Å². The molecular formula is C31H45F2N5O5. The van der Waals surface area contributed by atoms with Crippen LogP contribution in [0.4, 0.5) is 8.78 Å². The first-order valence-electron chi connectivity index (χ1n) is 15.6. The molecule has 3 heterocycles. The van der Waals surface area contributed by atoms with Gasteiger partial charge in [0.05, 0.1) is 24.8 Å². The van der Waals surface area contributed by atoms with Gasteiger partial charge in [-0.3, -0.25) is 19.3 Å². The molecule has 3 fully saturated rings. The van der Waals surface area contributed by atoms with Crippen molar-refractivity contribution in [2.24, 2.45) is 5.92 Å². The first kappa shape index (κ1) is 31.6. The number of para-hydroxylation sites is 1. The van der Waals surface area contributed by atoms with Gasteiger partial charge in [0.15, 0.2) is 0 Å². The maximum atomic E-state index is 14.5. The lowest BCUT2D eigenvalue weighted by Gasteiger charge is -2.45. The Morgan fingerprint density at radius 2 is 1.86 bits per heavy atom. The number of fused-ring (bicyclic) bond motifs is 2. The van der Waals surface area contributed by atoms with E-state index in [1.54, 1.807) is 18.9 Å². The molecule has 2 saturated heterocycles. The number of rotatable bonds is 9. The molecule has 1 aliphatic carbocycles. The van der Waals surface area contributed by atoms with E-state index in [1.165, 1.54) is 0 Å². The summed E-state index contributed by atoms with van der Waals surface area (Å²) in [6.45, 7) is 5.95. The highest BCUT2D eigenvalue weighted by atomic mass is 19.3. The van der Waals surface area contributed by atoms with Gasteiger partial charge in [-0.1, -0.05) is 18.2 Å². The number of carbonyl (C=O) groups is 3. The lowest BCUT2D eigenvalue weighted by atomic mass is 9.81. The molecule has 0 bridgehead atoms. The molecule has 3 N–H and O–H groups in total. The van der Waals surface area contributed by atoms with Crippen molar-refractivity contribution in [3.05, 3.63) is 29.8 Å². The van der Waals surface area contributed by atoms with Crippen molar-refractivity contribution >= 4 is 17.7 Å². The third kappa shape index (κ3) is 7.12. The van der Waals surface area contributed by atoms with E-state index >= 15 is 0 Å². The van der Waals surface area contributed by atoms with Crippen molar-refractivity contribution < 1.29 is 32.6 Å². The van der Waals surface area contributed by atoms with Crippen molar-refractivity contribution in [2.75, 3.05) is 39.9 Å². The normalized spacial score (nSPS) is 28.6. The molecule has 6 atom stereocenters. The van der Waals surface area contributed by atoms with E-state index in [-0.39, 0.29) is 61.6 Å². The minimum Gasteiger partial charge on any atom is -0.493 e. The smallest absolute Gasteiger partial charge is 0.248 e. The number of likely N-dealkylation sites (N-methyl/N-ethyl adjacent to an activating group) is 1. The van der Waals surface area contributed by atoms with Crippen LogP contribution in [0.2, 0.25) is 0 Å². The summed E-state index contributed by atoms with van der Waals surface area (Å²) in [6, 6.07) is 4.92. The minimum absolute atomic E-state index is 0.00312. The summed E-state index contributed by atoms with van der Waals surface area (Å²) in [5.74, 6) is -3.56. The van der Waals surface area contributed by atoms with Crippen LogP contribution in [0.15, 0.2) is 24.3 Å². The molecule has 1 aromatic rings. The van der Waals surface area contributed by atoms with E-state index in [9.17, 15) is 23.2 Å². The van der Waals surface area contributed by atoms with E-state index in [0.717, 1.165) is 17.7 Å². The molecule has 0 radical (unpaired) electrons. The summed E-state index contributed by atoms with van der Waals surface area (Å²) in [6.07, 6.45) is 0.883. The van der Waals surface area contributed by atoms with Crippen molar-refractivity contribution in [3.63, 3.8) is 0 Å². The Hall–Kier alpha value is -2.83. The van der Waals surface area contributed by atoms with Crippen molar-refractivity contribution in [1.82, 2.24) is 25.8 Å². The first-order valence-corrected chi connectivity index (χ1v) is 15.6. The zero-order valence-corrected chi connectivity index (χ0v) is 25.3. The largest absolute Gasteiger partial charge is 0.493 e. The van der Waals surface area contributed by atoms with Crippen molar-refractivity contribution in [2.45, 2.75) is 94.6 Å². The van der Waals surface area contributed by atoms with E-state index in [1.807, 2.05) is 31.2 Å². The van der Waals surface area contributed by atoms with Crippen LogP contribution in [0.3, 0.4) is 0 Å². The van der Waals surface area contributed by atoms with E-state index in [4.69, 9.17) is 9.47 Å². The molecule has 5 rings (SSSR count). The summed E-state index contributed by atoms with van der Waals surface area (Å²) in [4.78, 5) is 45.3. The number of nitrogens with zero attached hydrogens (tertiary/aromatic N) is 2. The highest BCUT2D eigenvalue weighted by molar-refractivity contribution is 5.93. The van der Waals surface area contributed by atoms with Crippen LogP contribution in [0.25, 0.3) is 0 Å². The Kier molecular flexibility index (Phi) is 9.87. The predicted octanol–water partition coefficient (Wildman–Crippen LogP) is 2.23. The minimum atomic E-state index is -2.78. The number of halogens is 2. The van der Waals surface area contributed by atoms with Gasteiger partial charge in [0.2, 0.25) is 23.6 Å². The highest BCUT2D eigenvalue weighted by Crippen LogP contribution is 2.39. The number of amides is 3. The second-order valence-electron chi connectivity index (χ2n) is 12.4. The Morgan fingerprint density at radius 3 is 2.58 bits per heavy atom. The van der Waals surface area contributed by atoms with Crippen LogP contribution >= 0.6 is 0 Å². The van der Waals surface area contributed by atoms with Gasteiger partial charge in [-0.15, -0.1) is 0 Å². The van der Waals surface area contributed by atoms with Crippen molar-refractivity contribution in [3.8, 4) is 5.75 Å². The lowest BCUT2D eigenvalue weighted by molar-refractivity contribution is -0.150. The maximum absolute atomic E-state index is 14.5. The van der Waals surface area contributed by atoms with Crippen LogP contribution in [0.5, 0.6) is 5.75 Å². The van der Waals surface area contributed by atoms with Gasteiger partial charge in [0.1, 0.15) is 17.8 Å². The van der Waals surface area contributed by atoms with Crippen LogP contribution in [-0.4, -0.2) is 104 Å². The zero-order valence-electron chi connectivity index (χ0n) is 25.3.